The van der Waals surface area contributed by atoms with E-state index in [4.69, 9.17) is 32.7 Å². The van der Waals surface area contributed by atoms with Gasteiger partial charge in [-0.3, -0.25) is 0 Å². The van der Waals surface area contributed by atoms with Gasteiger partial charge in [-0.15, -0.1) is 11.3 Å². The van der Waals surface area contributed by atoms with Crippen LogP contribution in [0.5, 0.6) is 5.75 Å². The first kappa shape index (κ1) is 14.8. The Morgan fingerprint density at radius 3 is 2.74 bits per heavy atom. The predicted molar refractivity (Wildman–Crippen MR) is 93.0 cm³/mol. The molecular formula is C17H10Cl2O3S. The van der Waals surface area contributed by atoms with Crippen LogP contribution in [0.1, 0.15) is 15.9 Å². The molecule has 2 heterocycles. The van der Waals surface area contributed by atoms with Crippen LogP contribution in [-0.4, -0.2) is 13.1 Å². The van der Waals surface area contributed by atoms with E-state index in [0.29, 0.717) is 21.4 Å². The van der Waals surface area contributed by atoms with Gasteiger partial charge in [-0.2, -0.15) is 0 Å². The van der Waals surface area contributed by atoms with Gasteiger partial charge < -0.3 is 9.47 Å². The van der Waals surface area contributed by atoms with E-state index < -0.39 is 0 Å². The van der Waals surface area contributed by atoms with Crippen molar-refractivity contribution in [1.29, 1.82) is 0 Å². The minimum Gasteiger partial charge on any atom is -0.496 e. The molecule has 1 aromatic heterocycles. The minimum absolute atomic E-state index is 0.220. The van der Waals surface area contributed by atoms with E-state index in [2.05, 4.69) is 0 Å². The number of carbonyl (C=O) groups excluding carboxylic acids is 1. The molecule has 116 valence electrons. The third-order valence-corrected chi connectivity index (χ3v) is 5.60. The Hall–Kier alpha value is -1.75. The summed E-state index contributed by atoms with van der Waals surface area (Å²) >= 11 is 13.7. The van der Waals surface area contributed by atoms with Crippen molar-refractivity contribution in [2.24, 2.45) is 0 Å². The van der Waals surface area contributed by atoms with Gasteiger partial charge in [0.25, 0.3) is 0 Å². The minimum atomic E-state index is -0.338. The van der Waals surface area contributed by atoms with Crippen molar-refractivity contribution in [2.75, 3.05) is 7.11 Å². The van der Waals surface area contributed by atoms with Gasteiger partial charge in [-0.25, -0.2) is 4.79 Å². The van der Waals surface area contributed by atoms with E-state index in [0.717, 1.165) is 26.8 Å². The smallest absolute Gasteiger partial charge is 0.339 e. The van der Waals surface area contributed by atoms with Gasteiger partial charge in [0.2, 0.25) is 0 Å². The van der Waals surface area contributed by atoms with Crippen LogP contribution in [0.3, 0.4) is 0 Å². The SMILES string of the molecule is COc1c2c(c(-c3ccc(Cl)c(Cl)c3)c3sccc13)C(=O)OC2. The topological polar surface area (TPSA) is 35.5 Å². The number of hydrogen-bond donors (Lipinski definition) is 0. The van der Waals surface area contributed by atoms with E-state index >= 15 is 0 Å². The maximum absolute atomic E-state index is 12.3. The number of benzene rings is 2. The van der Waals surface area contributed by atoms with Crippen LogP contribution in [-0.2, 0) is 11.3 Å². The zero-order valence-corrected chi connectivity index (χ0v) is 14.3. The fourth-order valence-electron chi connectivity index (χ4n) is 2.96. The van der Waals surface area contributed by atoms with Crippen molar-refractivity contribution in [3.05, 3.63) is 50.8 Å². The fraction of sp³-hybridized carbons (Fsp3) is 0.118. The number of halogens is 2. The second-order valence-electron chi connectivity index (χ2n) is 5.13. The molecule has 0 saturated heterocycles. The maximum Gasteiger partial charge on any atom is 0.339 e. The molecule has 2 aromatic carbocycles. The van der Waals surface area contributed by atoms with Crippen molar-refractivity contribution in [3.8, 4) is 16.9 Å². The summed E-state index contributed by atoms with van der Waals surface area (Å²) in [7, 11) is 1.61. The summed E-state index contributed by atoms with van der Waals surface area (Å²) < 4.78 is 11.8. The molecule has 0 saturated carbocycles. The average Bonchev–Trinajstić information content (AvgIpc) is 3.16. The summed E-state index contributed by atoms with van der Waals surface area (Å²) in [6, 6.07) is 7.36. The van der Waals surface area contributed by atoms with E-state index in [-0.39, 0.29) is 12.6 Å². The maximum atomic E-state index is 12.3. The Kier molecular flexibility index (Phi) is 3.48. The number of methoxy groups -OCH3 is 1. The third-order valence-electron chi connectivity index (χ3n) is 3.93. The highest BCUT2D eigenvalue weighted by molar-refractivity contribution is 7.17. The van der Waals surface area contributed by atoms with Crippen LogP contribution >= 0.6 is 34.5 Å². The highest BCUT2D eigenvalue weighted by atomic mass is 35.5. The number of rotatable bonds is 2. The van der Waals surface area contributed by atoms with Gasteiger partial charge >= 0.3 is 5.97 Å². The molecule has 0 amide bonds. The quantitative estimate of drug-likeness (QED) is 0.558. The molecule has 0 aliphatic carbocycles. The first-order chi connectivity index (χ1) is 11.1. The number of cyclic esters (lactones) is 1. The molecule has 3 aromatic rings. The predicted octanol–water partition coefficient (Wildman–Crippen LogP) is 5.55. The molecule has 0 spiro atoms. The monoisotopic (exact) mass is 364 g/mol. The van der Waals surface area contributed by atoms with Gasteiger partial charge in [0.15, 0.2) is 0 Å². The zero-order chi connectivity index (χ0) is 16.1. The second-order valence-corrected chi connectivity index (χ2v) is 6.86. The lowest BCUT2D eigenvalue weighted by Gasteiger charge is -2.13. The van der Waals surface area contributed by atoms with Crippen LogP contribution in [0.25, 0.3) is 21.2 Å². The number of thiophene rings is 1. The molecule has 0 atom stereocenters. The normalized spacial score (nSPS) is 13.3. The number of fused-ring (bicyclic) bond motifs is 2. The first-order valence-electron chi connectivity index (χ1n) is 6.84. The molecular weight excluding hydrogens is 355 g/mol. The molecule has 0 fully saturated rings. The molecule has 0 N–H and O–H groups in total. The van der Waals surface area contributed by atoms with E-state index in [9.17, 15) is 4.79 Å². The van der Waals surface area contributed by atoms with Crippen LogP contribution in [0.4, 0.5) is 0 Å². The Morgan fingerprint density at radius 1 is 1.17 bits per heavy atom. The van der Waals surface area contributed by atoms with Gasteiger partial charge in [-0.1, -0.05) is 29.3 Å². The summed E-state index contributed by atoms with van der Waals surface area (Å²) in [5.41, 5.74) is 3.00. The van der Waals surface area contributed by atoms with E-state index in [1.165, 1.54) is 0 Å². The summed E-state index contributed by atoms with van der Waals surface area (Å²) in [4.78, 5) is 12.3. The van der Waals surface area contributed by atoms with E-state index in [1.54, 1.807) is 30.6 Å². The van der Waals surface area contributed by atoms with Crippen molar-refractivity contribution in [2.45, 2.75) is 6.61 Å². The zero-order valence-electron chi connectivity index (χ0n) is 12.0. The highest BCUT2D eigenvalue weighted by Crippen LogP contribution is 2.47. The number of esters is 1. The van der Waals surface area contributed by atoms with Crippen LogP contribution in [0.2, 0.25) is 10.0 Å². The number of hydrogen-bond acceptors (Lipinski definition) is 4. The molecule has 0 bridgehead atoms. The fourth-order valence-corrected chi connectivity index (χ4v) is 4.22. The van der Waals surface area contributed by atoms with Crippen LogP contribution < -0.4 is 4.74 Å². The lowest BCUT2D eigenvalue weighted by Crippen LogP contribution is -2.00. The molecule has 3 nitrogen and oxygen atoms in total. The summed E-state index contributed by atoms with van der Waals surface area (Å²) in [6.45, 7) is 0.220. The number of carbonyl (C=O) groups is 1. The van der Waals surface area contributed by atoms with Crippen molar-refractivity contribution >= 4 is 50.6 Å². The largest absolute Gasteiger partial charge is 0.496 e. The van der Waals surface area contributed by atoms with Gasteiger partial charge in [-0.05, 0) is 29.1 Å². The van der Waals surface area contributed by atoms with Gasteiger partial charge in [0.05, 0.1) is 22.7 Å². The standard InChI is InChI=1S/C17H10Cl2O3S/c1-21-15-9-4-5-23-16(9)13(14-10(15)7-22-17(14)20)8-2-3-11(18)12(19)6-8/h2-6H,7H2,1H3. The Bertz CT molecular complexity index is 962. The molecule has 4 rings (SSSR count). The summed E-state index contributed by atoms with van der Waals surface area (Å²) in [5, 5.41) is 3.88. The Balaban J connectivity index is 2.14. The van der Waals surface area contributed by atoms with Crippen LogP contribution in [0, 0.1) is 0 Å². The van der Waals surface area contributed by atoms with E-state index in [1.807, 2.05) is 17.5 Å². The van der Waals surface area contributed by atoms with Gasteiger partial charge in [0.1, 0.15) is 12.4 Å². The first-order valence-corrected chi connectivity index (χ1v) is 8.48. The molecule has 0 unspecified atom stereocenters. The molecule has 23 heavy (non-hydrogen) atoms. The van der Waals surface area contributed by atoms with Crippen molar-refractivity contribution in [3.63, 3.8) is 0 Å². The Labute approximate surface area is 146 Å². The highest BCUT2D eigenvalue weighted by Gasteiger charge is 2.32. The molecule has 6 heteroatoms. The lowest BCUT2D eigenvalue weighted by molar-refractivity contribution is 0.0535. The third kappa shape index (κ3) is 2.13. The van der Waals surface area contributed by atoms with Crippen molar-refractivity contribution in [1.82, 2.24) is 0 Å². The molecule has 1 aliphatic rings. The van der Waals surface area contributed by atoms with Crippen molar-refractivity contribution < 1.29 is 14.3 Å². The average molecular weight is 365 g/mol. The van der Waals surface area contributed by atoms with Gasteiger partial charge in [0, 0.05) is 21.2 Å². The summed E-state index contributed by atoms with van der Waals surface area (Å²) in [5.74, 6) is 0.362. The number of ether oxygens (including phenoxy) is 2. The Morgan fingerprint density at radius 2 is 2.00 bits per heavy atom. The summed E-state index contributed by atoms with van der Waals surface area (Å²) in [6.07, 6.45) is 0. The second kappa shape index (κ2) is 5.41. The van der Waals surface area contributed by atoms with Crippen LogP contribution in [0.15, 0.2) is 29.6 Å². The molecule has 1 aliphatic heterocycles. The molecule has 0 radical (unpaired) electrons. The lowest BCUT2D eigenvalue weighted by atomic mass is 9.94.